The van der Waals surface area contributed by atoms with Crippen LogP contribution in [0, 0.1) is 13.8 Å². The lowest BCUT2D eigenvalue weighted by atomic mass is 10.1. The highest BCUT2D eigenvalue weighted by molar-refractivity contribution is 5.33. The third kappa shape index (κ3) is 5.17. The smallest absolute Gasteiger partial charge is 0.119 e. The Morgan fingerprint density at radius 3 is 2.32 bits per heavy atom. The number of benzene rings is 2. The van der Waals surface area contributed by atoms with Gasteiger partial charge in [-0.2, -0.15) is 0 Å². The molecule has 22 heavy (non-hydrogen) atoms. The van der Waals surface area contributed by atoms with Gasteiger partial charge in [0.15, 0.2) is 0 Å². The molecule has 0 aliphatic carbocycles. The molecule has 2 aromatic carbocycles. The van der Waals surface area contributed by atoms with Crippen LogP contribution in [0.3, 0.4) is 0 Å². The van der Waals surface area contributed by atoms with Gasteiger partial charge in [0, 0.05) is 12.6 Å². The fourth-order valence-electron chi connectivity index (χ4n) is 2.44. The van der Waals surface area contributed by atoms with E-state index < -0.39 is 6.10 Å². The number of hydrogen-bond donors (Lipinski definition) is 2. The largest absolute Gasteiger partial charge is 0.491 e. The Bertz CT molecular complexity index is 563. The summed E-state index contributed by atoms with van der Waals surface area (Å²) in [6, 6.07) is 16.5. The Kier molecular flexibility index (Phi) is 5.99. The quantitative estimate of drug-likeness (QED) is 0.823. The van der Waals surface area contributed by atoms with Gasteiger partial charge in [-0.05, 0) is 49.6 Å². The first-order valence-corrected chi connectivity index (χ1v) is 7.72. The summed E-state index contributed by atoms with van der Waals surface area (Å²) < 4.78 is 5.68. The molecule has 3 nitrogen and oxygen atoms in total. The Balaban J connectivity index is 1.77. The molecule has 0 saturated carbocycles. The standard InChI is InChI=1S/C19H25NO2/c1-14-9-15(2)11-19(10-14)22-13-18(21)12-20-16(3)17-7-5-4-6-8-17/h4-11,16,18,20-21H,12-13H2,1-3H3/t16-,18+/m1/s1. The minimum absolute atomic E-state index is 0.206. The van der Waals surface area contributed by atoms with E-state index in [0.29, 0.717) is 6.54 Å². The Labute approximate surface area is 133 Å². The van der Waals surface area contributed by atoms with Crippen LogP contribution in [0.4, 0.5) is 0 Å². The summed E-state index contributed by atoms with van der Waals surface area (Å²) in [5, 5.41) is 13.4. The molecule has 0 aromatic heterocycles. The first-order chi connectivity index (χ1) is 10.5. The molecule has 2 rings (SSSR count). The van der Waals surface area contributed by atoms with Gasteiger partial charge >= 0.3 is 0 Å². The van der Waals surface area contributed by atoms with Crippen molar-refractivity contribution >= 4 is 0 Å². The van der Waals surface area contributed by atoms with Gasteiger partial charge in [0.05, 0.1) is 0 Å². The molecule has 0 bridgehead atoms. The van der Waals surface area contributed by atoms with Gasteiger partial charge in [0.1, 0.15) is 18.5 Å². The summed E-state index contributed by atoms with van der Waals surface area (Å²) in [7, 11) is 0. The van der Waals surface area contributed by atoms with Crippen molar-refractivity contribution in [3.05, 3.63) is 65.2 Å². The normalized spacial score (nSPS) is 13.6. The van der Waals surface area contributed by atoms with Crippen molar-refractivity contribution in [2.75, 3.05) is 13.2 Å². The summed E-state index contributed by atoms with van der Waals surface area (Å²) in [5.41, 5.74) is 3.55. The van der Waals surface area contributed by atoms with Crippen molar-refractivity contribution in [3.63, 3.8) is 0 Å². The summed E-state index contributed by atoms with van der Waals surface area (Å²) >= 11 is 0. The van der Waals surface area contributed by atoms with Crippen molar-refractivity contribution in [2.24, 2.45) is 0 Å². The lowest BCUT2D eigenvalue weighted by Crippen LogP contribution is -2.33. The second-order valence-electron chi connectivity index (χ2n) is 5.83. The number of ether oxygens (including phenoxy) is 1. The summed E-state index contributed by atoms with van der Waals surface area (Å²) in [6.07, 6.45) is -0.535. The fraction of sp³-hybridized carbons (Fsp3) is 0.368. The molecule has 2 aromatic rings. The number of hydrogen-bond acceptors (Lipinski definition) is 3. The molecule has 0 radical (unpaired) electrons. The topological polar surface area (TPSA) is 41.5 Å². The zero-order valence-electron chi connectivity index (χ0n) is 13.5. The zero-order valence-corrected chi connectivity index (χ0v) is 13.5. The van der Waals surface area contributed by atoms with Gasteiger partial charge in [-0.25, -0.2) is 0 Å². The Hall–Kier alpha value is -1.84. The van der Waals surface area contributed by atoms with E-state index in [2.05, 4.69) is 30.4 Å². The average molecular weight is 299 g/mol. The third-order valence-corrected chi connectivity index (χ3v) is 3.60. The molecule has 0 unspecified atom stereocenters. The van der Waals surface area contributed by atoms with Gasteiger partial charge in [-0.1, -0.05) is 36.4 Å². The first kappa shape index (κ1) is 16.5. The van der Waals surface area contributed by atoms with Crippen LogP contribution in [0.2, 0.25) is 0 Å². The molecule has 0 amide bonds. The van der Waals surface area contributed by atoms with E-state index in [1.165, 1.54) is 16.7 Å². The van der Waals surface area contributed by atoms with Gasteiger partial charge in [0.2, 0.25) is 0 Å². The maximum Gasteiger partial charge on any atom is 0.119 e. The van der Waals surface area contributed by atoms with Gasteiger partial charge in [0.25, 0.3) is 0 Å². The van der Waals surface area contributed by atoms with E-state index in [4.69, 9.17) is 4.74 Å². The van der Waals surface area contributed by atoms with Crippen LogP contribution >= 0.6 is 0 Å². The molecule has 2 N–H and O–H groups in total. The van der Waals surface area contributed by atoms with Crippen LogP contribution in [0.5, 0.6) is 5.75 Å². The SMILES string of the molecule is Cc1cc(C)cc(OC[C@@H](O)CN[C@H](C)c2ccccc2)c1. The number of aliphatic hydroxyl groups excluding tert-OH is 1. The van der Waals surface area contributed by atoms with E-state index >= 15 is 0 Å². The number of aryl methyl sites for hydroxylation is 2. The predicted molar refractivity (Wildman–Crippen MR) is 90.3 cm³/mol. The highest BCUT2D eigenvalue weighted by atomic mass is 16.5. The highest BCUT2D eigenvalue weighted by Crippen LogP contribution is 2.16. The van der Waals surface area contributed by atoms with Crippen molar-refractivity contribution in [1.29, 1.82) is 0 Å². The monoisotopic (exact) mass is 299 g/mol. The molecule has 0 aliphatic rings. The van der Waals surface area contributed by atoms with Crippen LogP contribution in [0.25, 0.3) is 0 Å². The van der Waals surface area contributed by atoms with Crippen LogP contribution < -0.4 is 10.1 Å². The van der Waals surface area contributed by atoms with E-state index in [0.717, 1.165) is 5.75 Å². The van der Waals surface area contributed by atoms with Gasteiger partial charge < -0.3 is 15.2 Å². The van der Waals surface area contributed by atoms with Gasteiger partial charge in [-0.3, -0.25) is 0 Å². The summed E-state index contributed by atoms with van der Waals surface area (Å²) in [5.74, 6) is 0.813. The van der Waals surface area contributed by atoms with Crippen LogP contribution in [0.15, 0.2) is 48.5 Å². The number of rotatable bonds is 7. The summed E-state index contributed by atoms with van der Waals surface area (Å²) in [4.78, 5) is 0. The van der Waals surface area contributed by atoms with Crippen molar-refractivity contribution in [3.8, 4) is 5.75 Å². The van der Waals surface area contributed by atoms with Crippen LogP contribution in [0.1, 0.15) is 29.7 Å². The lowest BCUT2D eigenvalue weighted by molar-refractivity contribution is 0.104. The lowest BCUT2D eigenvalue weighted by Gasteiger charge is -2.18. The summed E-state index contributed by atoms with van der Waals surface area (Å²) in [6.45, 7) is 6.96. The Morgan fingerprint density at radius 2 is 1.68 bits per heavy atom. The van der Waals surface area contributed by atoms with E-state index in [1.54, 1.807) is 0 Å². The van der Waals surface area contributed by atoms with E-state index in [-0.39, 0.29) is 12.6 Å². The molecule has 0 saturated heterocycles. The van der Waals surface area contributed by atoms with Crippen molar-refractivity contribution < 1.29 is 9.84 Å². The highest BCUT2D eigenvalue weighted by Gasteiger charge is 2.09. The molecule has 2 atom stereocenters. The van der Waals surface area contributed by atoms with E-state index in [1.807, 2.05) is 44.2 Å². The molecule has 0 aliphatic heterocycles. The first-order valence-electron chi connectivity index (χ1n) is 7.72. The molecule has 0 fully saturated rings. The van der Waals surface area contributed by atoms with Crippen LogP contribution in [-0.4, -0.2) is 24.4 Å². The molecule has 118 valence electrons. The fourth-order valence-corrected chi connectivity index (χ4v) is 2.44. The van der Waals surface area contributed by atoms with Gasteiger partial charge in [-0.15, -0.1) is 0 Å². The maximum absolute atomic E-state index is 10.1. The third-order valence-electron chi connectivity index (χ3n) is 3.60. The minimum atomic E-state index is -0.535. The number of aliphatic hydroxyl groups is 1. The second-order valence-corrected chi connectivity index (χ2v) is 5.83. The molecular formula is C19H25NO2. The van der Waals surface area contributed by atoms with Crippen molar-refractivity contribution in [2.45, 2.75) is 32.9 Å². The van der Waals surface area contributed by atoms with Crippen molar-refractivity contribution in [1.82, 2.24) is 5.32 Å². The predicted octanol–water partition coefficient (Wildman–Crippen LogP) is 3.39. The Morgan fingerprint density at radius 1 is 1.05 bits per heavy atom. The average Bonchev–Trinajstić information content (AvgIpc) is 2.50. The molecular weight excluding hydrogens is 274 g/mol. The molecule has 0 spiro atoms. The molecule has 3 heteroatoms. The zero-order chi connectivity index (χ0) is 15.9. The second kappa shape index (κ2) is 7.97. The van der Waals surface area contributed by atoms with Crippen LogP contribution in [-0.2, 0) is 0 Å². The molecule has 0 heterocycles. The number of nitrogens with one attached hydrogen (secondary N) is 1. The maximum atomic E-state index is 10.1. The minimum Gasteiger partial charge on any atom is -0.491 e. The van der Waals surface area contributed by atoms with E-state index in [9.17, 15) is 5.11 Å².